The second-order valence-electron chi connectivity index (χ2n) is 7.10. The Morgan fingerprint density at radius 2 is 1.79 bits per heavy atom. The van der Waals surface area contributed by atoms with Gasteiger partial charge in [0.05, 0.1) is 5.56 Å². The zero-order valence-corrected chi connectivity index (χ0v) is 18.7. The highest BCUT2D eigenvalue weighted by atomic mass is 35.5. The molecule has 2 N–H and O–H groups in total. The highest BCUT2D eigenvalue weighted by Gasteiger charge is 2.10. The minimum Gasteiger partial charge on any atom is -0.378 e. The number of carbonyl (C=O) groups excluding carboxylic acids is 1. The molecule has 6 nitrogen and oxygen atoms in total. The molecule has 1 fully saturated rings. The number of halogens is 2. The molecule has 1 aliphatic heterocycles. The summed E-state index contributed by atoms with van der Waals surface area (Å²) in [5.41, 5.74) is 3.76. The van der Waals surface area contributed by atoms with Crippen LogP contribution in [0, 0.1) is 0 Å². The van der Waals surface area contributed by atoms with Gasteiger partial charge in [0.25, 0.3) is 5.91 Å². The predicted molar refractivity (Wildman–Crippen MR) is 125 cm³/mol. The number of hydrogen-bond donors (Lipinski definition) is 2. The minimum absolute atomic E-state index is 0. The Hall–Kier alpha value is -1.86. The van der Waals surface area contributed by atoms with E-state index >= 15 is 0 Å². The molecule has 29 heavy (non-hydrogen) atoms. The van der Waals surface area contributed by atoms with Gasteiger partial charge in [-0.05, 0) is 36.7 Å². The van der Waals surface area contributed by atoms with Crippen molar-refractivity contribution in [2.24, 2.45) is 0 Å². The molecule has 1 aromatic heterocycles. The van der Waals surface area contributed by atoms with Crippen LogP contribution in [0.1, 0.15) is 16.8 Å². The number of hydrogen-bond acceptors (Lipinski definition) is 5. The van der Waals surface area contributed by atoms with Gasteiger partial charge in [0.15, 0.2) is 0 Å². The van der Waals surface area contributed by atoms with E-state index in [9.17, 15) is 4.79 Å². The van der Waals surface area contributed by atoms with Crippen LogP contribution in [0.4, 0.5) is 5.69 Å². The van der Waals surface area contributed by atoms with Crippen LogP contribution >= 0.6 is 24.8 Å². The molecule has 8 heteroatoms. The third-order valence-electron chi connectivity index (χ3n) is 4.86. The second-order valence-corrected chi connectivity index (χ2v) is 7.10. The fraction of sp³-hybridized carbons (Fsp3) is 0.429. The molecular weight excluding hydrogens is 409 g/mol. The summed E-state index contributed by atoms with van der Waals surface area (Å²) < 4.78 is 0. The number of carbonyl (C=O) groups is 1. The smallest absolute Gasteiger partial charge is 0.252 e. The molecule has 1 aliphatic rings. The van der Waals surface area contributed by atoms with Gasteiger partial charge < -0.3 is 20.4 Å². The zero-order chi connectivity index (χ0) is 19.1. The predicted octanol–water partition coefficient (Wildman–Crippen LogP) is 2.68. The summed E-state index contributed by atoms with van der Waals surface area (Å²) in [5.74, 6) is -0.0606. The number of anilines is 1. The SMILES string of the molecule is CN(C)c1ccc(-c2cncc(C(=O)NCCCN3CCNCC3)c2)cc1.Cl.Cl. The van der Waals surface area contributed by atoms with Crippen LogP contribution in [-0.2, 0) is 0 Å². The largest absolute Gasteiger partial charge is 0.378 e. The molecule has 0 radical (unpaired) electrons. The van der Waals surface area contributed by atoms with Crippen LogP contribution in [0.2, 0.25) is 0 Å². The Morgan fingerprint density at radius 3 is 2.45 bits per heavy atom. The van der Waals surface area contributed by atoms with E-state index in [1.54, 1.807) is 12.4 Å². The molecule has 0 aliphatic carbocycles. The van der Waals surface area contributed by atoms with Gasteiger partial charge in [-0.25, -0.2) is 0 Å². The number of nitrogens with zero attached hydrogens (tertiary/aromatic N) is 3. The molecule has 0 unspecified atom stereocenters. The monoisotopic (exact) mass is 439 g/mol. The molecule has 3 rings (SSSR count). The summed E-state index contributed by atoms with van der Waals surface area (Å²) in [6.07, 6.45) is 4.39. The van der Waals surface area contributed by atoms with Crippen LogP contribution < -0.4 is 15.5 Å². The normalized spacial score (nSPS) is 13.7. The first kappa shape index (κ1) is 25.2. The summed E-state index contributed by atoms with van der Waals surface area (Å²) in [4.78, 5) is 21.2. The lowest BCUT2D eigenvalue weighted by atomic mass is 10.1. The lowest BCUT2D eigenvalue weighted by Crippen LogP contribution is -2.44. The maximum Gasteiger partial charge on any atom is 0.252 e. The molecule has 1 amide bonds. The van der Waals surface area contributed by atoms with Crippen LogP contribution in [0.3, 0.4) is 0 Å². The number of nitrogens with one attached hydrogen (secondary N) is 2. The number of amides is 1. The van der Waals surface area contributed by atoms with Gasteiger partial charge in [0.2, 0.25) is 0 Å². The maximum absolute atomic E-state index is 12.4. The molecule has 0 bridgehead atoms. The molecule has 0 saturated carbocycles. The van der Waals surface area contributed by atoms with Gasteiger partial charge in [-0.15, -0.1) is 24.8 Å². The first-order valence-corrected chi connectivity index (χ1v) is 9.57. The van der Waals surface area contributed by atoms with Crippen LogP contribution in [-0.4, -0.2) is 69.2 Å². The van der Waals surface area contributed by atoms with Gasteiger partial charge in [0.1, 0.15) is 0 Å². The molecule has 2 heterocycles. The van der Waals surface area contributed by atoms with Crippen molar-refractivity contribution >= 4 is 36.4 Å². The van der Waals surface area contributed by atoms with E-state index in [4.69, 9.17) is 0 Å². The lowest BCUT2D eigenvalue weighted by molar-refractivity contribution is 0.0951. The van der Waals surface area contributed by atoms with Gasteiger partial charge >= 0.3 is 0 Å². The van der Waals surface area contributed by atoms with E-state index in [1.807, 2.05) is 20.2 Å². The molecular formula is C21H31Cl2N5O. The highest BCUT2D eigenvalue weighted by molar-refractivity contribution is 5.95. The van der Waals surface area contributed by atoms with E-state index < -0.39 is 0 Å². The van der Waals surface area contributed by atoms with Crippen molar-refractivity contribution in [3.8, 4) is 11.1 Å². The van der Waals surface area contributed by atoms with Crippen molar-refractivity contribution in [1.82, 2.24) is 20.5 Å². The number of piperazine rings is 1. The highest BCUT2D eigenvalue weighted by Crippen LogP contribution is 2.22. The van der Waals surface area contributed by atoms with E-state index in [2.05, 4.69) is 49.7 Å². The summed E-state index contributed by atoms with van der Waals surface area (Å²) in [6.45, 7) is 6.00. The average molecular weight is 440 g/mol. The Morgan fingerprint density at radius 1 is 1.10 bits per heavy atom. The van der Waals surface area contributed by atoms with Gasteiger partial charge in [-0.2, -0.15) is 0 Å². The first-order chi connectivity index (χ1) is 13.1. The van der Waals surface area contributed by atoms with E-state index in [0.29, 0.717) is 12.1 Å². The first-order valence-electron chi connectivity index (χ1n) is 9.57. The molecule has 160 valence electrons. The van der Waals surface area contributed by atoms with Crippen LogP contribution in [0.25, 0.3) is 11.1 Å². The number of aromatic nitrogens is 1. The van der Waals surface area contributed by atoms with Crippen LogP contribution in [0.5, 0.6) is 0 Å². The number of pyridine rings is 1. The Balaban J connectivity index is 0.00000210. The van der Waals surface area contributed by atoms with Crippen molar-refractivity contribution in [1.29, 1.82) is 0 Å². The maximum atomic E-state index is 12.4. The van der Waals surface area contributed by atoms with Gasteiger partial charge in [0, 0.05) is 70.5 Å². The van der Waals surface area contributed by atoms with Gasteiger partial charge in [-0.3, -0.25) is 9.78 Å². The number of rotatable bonds is 7. The molecule has 0 atom stereocenters. The van der Waals surface area contributed by atoms with Crippen molar-refractivity contribution in [2.75, 3.05) is 58.3 Å². The van der Waals surface area contributed by atoms with Crippen molar-refractivity contribution in [3.05, 3.63) is 48.3 Å². The fourth-order valence-electron chi connectivity index (χ4n) is 3.22. The summed E-state index contributed by atoms with van der Waals surface area (Å²) in [7, 11) is 4.04. The van der Waals surface area contributed by atoms with Crippen LogP contribution in [0.15, 0.2) is 42.7 Å². The second kappa shape index (κ2) is 12.6. The van der Waals surface area contributed by atoms with Crippen molar-refractivity contribution in [2.45, 2.75) is 6.42 Å². The summed E-state index contributed by atoms with van der Waals surface area (Å²) >= 11 is 0. The Bertz CT molecular complexity index is 749. The Labute approximate surface area is 185 Å². The number of benzene rings is 1. The third-order valence-corrected chi connectivity index (χ3v) is 4.86. The Kier molecular flexibility index (Phi) is 11.0. The van der Waals surface area contributed by atoms with E-state index in [1.165, 1.54) is 0 Å². The van der Waals surface area contributed by atoms with E-state index in [0.717, 1.165) is 56.0 Å². The molecule has 1 aromatic carbocycles. The zero-order valence-electron chi connectivity index (χ0n) is 17.1. The van der Waals surface area contributed by atoms with Gasteiger partial charge in [-0.1, -0.05) is 12.1 Å². The van der Waals surface area contributed by atoms with Crippen molar-refractivity contribution < 1.29 is 4.79 Å². The van der Waals surface area contributed by atoms with E-state index in [-0.39, 0.29) is 30.7 Å². The summed E-state index contributed by atoms with van der Waals surface area (Å²) in [6, 6.07) is 10.2. The molecule has 1 saturated heterocycles. The molecule has 2 aromatic rings. The minimum atomic E-state index is -0.0606. The topological polar surface area (TPSA) is 60.5 Å². The molecule has 0 spiro atoms. The average Bonchev–Trinajstić information content (AvgIpc) is 2.72. The third kappa shape index (κ3) is 7.48. The fourth-order valence-corrected chi connectivity index (χ4v) is 3.22. The van der Waals surface area contributed by atoms with Crippen molar-refractivity contribution in [3.63, 3.8) is 0 Å². The standard InChI is InChI=1S/C21H29N5O.2ClH/c1-25(2)20-6-4-17(5-7-20)18-14-19(16-23-15-18)21(27)24-8-3-11-26-12-9-22-10-13-26;;/h4-7,14-16,22H,3,8-13H2,1-2H3,(H,24,27);2*1H. The quantitative estimate of drug-likeness (QED) is 0.649. The lowest BCUT2D eigenvalue weighted by Gasteiger charge is -2.27. The summed E-state index contributed by atoms with van der Waals surface area (Å²) in [5, 5.41) is 6.36.